The lowest BCUT2D eigenvalue weighted by atomic mass is 9.99. The zero-order valence-corrected chi connectivity index (χ0v) is 39.3. The number of hydrogen-bond acceptors (Lipinski definition) is 8. The third-order valence-electron chi connectivity index (χ3n) is 10.8. The van der Waals surface area contributed by atoms with E-state index < -0.39 is 49.5 Å². The van der Waals surface area contributed by atoms with Gasteiger partial charge in [-0.05, 0) is 83.5 Å². The highest BCUT2D eigenvalue weighted by Crippen LogP contribution is 2.22. The lowest BCUT2D eigenvalue weighted by molar-refractivity contribution is -0.302. The maximum Gasteiger partial charge on any atom is 0.220 e. The maximum absolute atomic E-state index is 12.9. The molecule has 1 aliphatic rings. The molecule has 7 unspecified atom stereocenters. The predicted molar refractivity (Wildman–Crippen MR) is 262 cm³/mol. The smallest absolute Gasteiger partial charge is 0.220 e. The SMILES string of the molecule is CC/C=C\C/C=C\C/C=C\C/C=C\C/C=C\C/C=C\CCC(=O)NC(COC1OC(CO)C(O)C(O)C1O)C(O)/C=C/CC/C=C/CC/C=C/CCCCCCCCCCCCC. The van der Waals surface area contributed by atoms with Crippen LogP contribution < -0.4 is 5.32 Å². The molecule has 0 aliphatic carbocycles. The fourth-order valence-electron chi connectivity index (χ4n) is 6.91. The van der Waals surface area contributed by atoms with E-state index in [0.717, 1.165) is 64.2 Å². The monoisotopic (exact) mass is 880 g/mol. The van der Waals surface area contributed by atoms with Gasteiger partial charge < -0.3 is 40.3 Å². The van der Waals surface area contributed by atoms with Crippen molar-refractivity contribution in [1.29, 1.82) is 0 Å². The molecule has 1 fully saturated rings. The summed E-state index contributed by atoms with van der Waals surface area (Å²) in [6.45, 7) is 3.58. The van der Waals surface area contributed by atoms with E-state index in [9.17, 15) is 30.3 Å². The largest absolute Gasteiger partial charge is 0.394 e. The fraction of sp³-hybridized carbons (Fsp3) is 0.648. The molecule has 1 aliphatic heterocycles. The summed E-state index contributed by atoms with van der Waals surface area (Å²) in [6.07, 6.45) is 55.8. The minimum Gasteiger partial charge on any atom is -0.394 e. The molecule has 1 rings (SSSR count). The van der Waals surface area contributed by atoms with Crippen molar-refractivity contribution >= 4 is 5.91 Å². The van der Waals surface area contributed by atoms with Crippen LogP contribution in [0.3, 0.4) is 0 Å². The second kappa shape index (κ2) is 42.8. The van der Waals surface area contributed by atoms with E-state index in [1.165, 1.54) is 70.6 Å². The number of allylic oxidation sites excluding steroid dienone is 17. The summed E-state index contributed by atoms with van der Waals surface area (Å²) in [7, 11) is 0. The number of amides is 1. The van der Waals surface area contributed by atoms with E-state index in [0.29, 0.717) is 12.8 Å². The highest BCUT2D eigenvalue weighted by Gasteiger charge is 2.44. The Morgan fingerprint density at radius 2 is 1.00 bits per heavy atom. The van der Waals surface area contributed by atoms with Gasteiger partial charge in [0.25, 0.3) is 0 Å². The topological polar surface area (TPSA) is 149 Å². The van der Waals surface area contributed by atoms with Gasteiger partial charge in [0.1, 0.15) is 24.4 Å². The number of aliphatic hydroxyl groups is 5. The van der Waals surface area contributed by atoms with Gasteiger partial charge in [0, 0.05) is 6.42 Å². The summed E-state index contributed by atoms with van der Waals surface area (Å²) in [6, 6.07) is -0.876. The quantitative estimate of drug-likeness (QED) is 0.0264. The lowest BCUT2D eigenvalue weighted by Crippen LogP contribution is -2.60. The molecule has 63 heavy (non-hydrogen) atoms. The van der Waals surface area contributed by atoms with Crippen molar-refractivity contribution in [3.05, 3.63) is 109 Å². The van der Waals surface area contributed by atoms with Crippen LogP contribution in [0.4, 0.5) is 0 Å². The van der Waals surface area contributed by atoms with E-state index in [-0.39, 0.29) is 18.9 Å². The van der Waals surface area contributed by atoms with Gasteiger partial charge in [0.2, 0.25) is 5.91 Å². The average Bonchev–Trinajstić information content (AvgIpc) is 3.28. The van der Waals surface area contributed by atoms with Gasteiger partial charge in [-0.1, -0.05) is 187 Å². The molecule has 0 aromatic rings. The van der Waals surface area contributed by atoms with Gasteiger partial charge in [-0.2, -0.15) is 0 Å². The molecule has 9 heteroatoms. The molecule has 0 aromatic heterocycles. The Hall–Kier alpha value is -3.15. The van der Waals surface area contributed by atoms with E-state index in [1.807, 2.05) is 18.2 Å². The fourth-order valence-corrected chi connectivity index (χ4v) is 6.91. The third kappa shape index (κ3) is 33.1. The molecule has 0 aromatic carbocycles. The molecule has 7 atom stereocenters. The van der Waals surface area contributed by atoms with Crippen LogP contribution in [0.5, 0.6) is 0 Å². The minimum atomic E-state index is -1.59. The number of carbonyl (C=O) groups excluding carboxylic acids is 1. The standard InChI is InChI=1S/C54H89NO8/c1-3-5-7-9-11-13-15-17-19-21-23-24-26-27-29-31-33-35-37-39-41-43-48(57)47(46-62-54-53(61)52(60)51(59)49(45-56)63-54)55-50(58)44-42-40-38-36-34-32-30-28-25-22-20-18-16-14-12-10-8-6-4-2/h6,8,12,14,18,20,25-28,32-35,38,40-41,43,47-49,51-54,56-57,59-61H,3-5,7,9-11,13,15-17,19,21-24,29-31,36-37,39,42,44-46H2,1-2H3,(H,55,58)/b8-6-,14-12-,20-18-,27-26+,28-25-,34-32-,35-33+,40-38-,43-41+. The van der Waals surface area contributed by atoms with Gasteiger partial charge >= 0.3 is 0 Å². The van der Waals surface area contributed by atoms with Crippen LogP contribution in [0.1, 0.15) is 168 Å². The van der Waals surface area contributed by atoms with E-state index in [1.54, 1.807) is 6.08 Å². The van der Waals surface area contributed by atoms with Crippen LogP contribution in [0.15, 0.2) is 109 Å². The Balaban J connectivity index is 2.43. The molecule has 0 spiro atoms. The van der Waals surface area contributed by atoms with Crippen molar-refractivity contribution in [3.63, 3.8) is 0 Å². The number of ether oxygens (including phenoxy) is 2. The van der Waals surface area contributed by atoms with Crippen LogP contribution in [-0.2, 0) is 14.3 Å². The van der Waals surface area contributed by atoms with Crippen LogP contribution in [0, 0.1) is 0 Å². The van der Waals surface area contributed by atoms with Gasteiger partial charge in [0.15, 0.2) is 6.29 Å². The molecule has 0 saturated carbocycles. The molecule has 0 radical (unpaired) electrons. The molecule has 9 nitrogen and oxygen atoms in total. The Morgan fingerprint density at radius 1 is 0.556 bits per heavy atom. The summed E-state index contributed by atoms with van der Waals surface area (Å²) < 4.78 is 11.2. The van der Waals surface area contributed by atoms with Crippen LogP contribution >= 0.6 is 0 Å². The summed E-state index contributed by atoms with van der Waals surface area (Å²) in [5, 5.41) is 54.2. The Bertz CT molecular complexity index is 1340. The second-order valence-corrected chi connectivity index (χ2v) is 16.5. The minimum absolute atomic E-state index is 0.203. The molecular weight excluding hydrogens is 791 g/mol. The zero-order chi connectivity index (χ0) is 45.9. The first kappa shape index (κ1) is 57.9. The van der Waals surface area contributed by atoms with E-state index >= 15 is 0 Å². The van der Waals surface area contributed by atoms with Gasteiger partial charge in [-0.15, -0.1) is 0 Å². The van der Waals surface area contributed by atoms with Crippen LogP contribution in [0.25, 0.3) is 0 Å². The Kier molecular flexibility index (Phi) is 39.3. The highest BCUT2D eigenvalue weighted by atomic mass is 16.7. The lowest BCUT2D eigenvalue weighted by Gasteiger charge is -2.40. The van der Waals surface area contributed by atoms with Crippen molar-refractivity contribution < 1.29 is 39.8 Å². The van der Waals surface area contributed by atoms with E-state index in [2.05, 4.69) is 104 Å². The third-order valence-corrected chi connectivity index (χ3v) is 10.8. The summed E-state index contributed by atoms with van der Waals surface area (Å²) in [4.78, 5) is 12.9. The first-order valence-electron chi connectivity index (χ1n) is 24.6. The van der Waals surface area contributed by atoms with Gasteiger partial charge in [0.05, 0.1) is 25.4 Å². The number of carbonyl (C=O) groups is 1. The second-order valence-electron chi connectivity index (χ2n) is 16.5. The highest BCUT2D eigenvalue weighted by molar-refractivity contribution is 5.76. The normalized spacial score (nSPS) is 21.2. The molecule has 1 saturated heterocycles. The Morgan fingerprint density at radius 3 is 1.51 bits per heavy atom. The summed E-state index contributed by atoms with van der Waals surface area (Å²) >= 11 is 0. The summed E-state index contributed by atoms with van der Waals surface area (Å²) in [5.74, 6) is -0.278. The van der Waals surface area contributed by atoms with Crippen molar-refractivity contribution in [1.82, 2.24) is 5.32 Å². The van der Waals surface area contributed by atoms with Crippen molar-refractivity contribution in [2.75, 3.05) is 13.2 Å². The van der Waals surface area contributed by atoms with Gasteiger partial charge in [-0.3, -0.25) is 4.79 Å². The Labute approximate surface area is 383 Å². The van der Waals surface area contributed by atoms with Gasteiger partial charge in [-0.25, -0.2) is 0 Å². The molecule has 1 amide bonds. The number of hydrogen-bond donors (Lipinski definition) is 6. The van der Waals surface area contributed by atoms with E-state index in [4.69, 9.17) is 9.47 Å². The summed E-state index contributed by atoms with van der Waals surface area (Å²) in [5.41, 5.74) is 0. The number of aliphatic hydroxyl groups excluding tert-OH is 5. The van der Waals surface area contributed by atoms with Crippen molar-refractivity contribution in [3.8, 4) is 0 Å². The zero-order valence-electron chi connectivity index (χ0n) is 39.3. The first-order chi connectivity index (χ1) is 30.8. The van der Waals surface area contributed by atoms with Crippen LogP contribution in [-0.4, -0.2) is 87.5 Å². The average molecular weight is 880 g/mol. The number of unbranched alkanes of at least 4 members (excludes halogenated alkanes) is 13. The molecule has 0 bridgehead atoms. The molecule has 1 heterocycles. The van der Waals surface area contributed by atoms with Crippen LogP contribution in [0.2, 0.25) is 0 Å². The predicted octanol–water partition coefficient (Wildman–Crippen LogP) is 11.1. The molecule has 358 valence electrons. The molecule has 6 N–H and O–H groups in total. The number of rotatable bonds is 39. The number of nitrogens with one attached hydrogen (secondary N) is 1. The maximum atomic E-state index is 12.9. The first-order valence-corrected chi connectivity index (χ1v) is 24.6. The van der Waals surface area contributed by atoms with Crippen molar-refractivity contribution in [2.45, 2.75) is 211 Å². The molecular formula is C54H89NO8. The van der Waals surface area contributed by atoms with Crippen molar-refractivity contribution in [2.24, 2.45) is 0 Å².